The van der Waals surface area contributed by atoms with E-state index in [1.807, 2.05) is 7.05 Å². The topological polar surface area (TPSA) is 58.1 Å². The number of hydrogen-bond donors (Lipinski definition) is 2. The highest BCUT2D eigenvalue weighted by atomic mass is 16.5. The minimum atomic E-state index is 0.393. The van der Waals surface area contributed by atoms with E-state index < -0.39 is 0 Å². The standard InChI is InChI=1S/C19H36N4O2/c1-20-19(21-9-4-10-25-18-7-11-24-12-8-18)22-15-13-16-5-3-6-17(14-15)23(16)2/h15-18H,3-14H2,1-2H3,(H2,20,21,22). The third kappa shape index (κ3) is 5.56. The molecule has 2 bridgehead atoms. The first-order valence-corrected chi connectivity index (χ1v) is 10.1. The summed E-state index contributed by atoms with van der Waals surface area (Å²) in [6.45, 7) is 3.41. The van der Waals surface area contributed by atoms with E-state index in [-0.39, 0.29) is 0 Å². The number of nitrogens with one attached hydrogen (secondary N) is 2. The summed E-state index contributed by atoms with van der Waals surface area (Å²) in [5, 5.41) is 7.10. The average Bonchev–Trinajstić information content (AvgIpc) is 2.62. The molecule has 0 amide bonds. The third-order valence-electron chi connectivity index (χ3n) is 6.04. The van der Waals surface area contributed by atoms with Crippen molar-refractivity contribution in [2.24, 2.45) is 4.99 Å². The van der Waals surface area contributed by atoms with Gasteiger partial charge in [0.15, 0.2) is 5.96 Å². The summed E-state index contributed by atoms with van der Waals surface area (Å²) in [5.74, 6) is 0.943. The molecule has 0 aromatic rings. The fourth-order valence-electron chi connectivity index (χ4n) is 4.49. The van der Waals surface area contributed by atoms with Crippen LogP contribution in [0.15, 0.2) is 4.99 Å². The van der Waals surface area contributed by atoms with E-state index in [0.29, 0.717) is 12.1 Å². The minimum absolute atomic E-state index is 0.393. The minimum Gasteiger partial charge on any atom is -0.381 e. The van der Waals surface area contributed by atoms with Crippen molar-refractivity contribution in [2.45, 2.75) is 75.6 Å². The molecule has 144 valence electrons. The van der Waals surface area contributed by atoms with E-state index in [0.717, 1.165) is 63.7 Å². The summed E-state index contributed by atoms with van der Waals surface area (Å²) >= 11 is 0. The highest BCUT2D eigenvalue weighted by molar-refractivity contribution is 5.79. The molecule has 3 fully saturated rings. The molecule has 2 atom stereocenters. The van der Waals surface area contributed by atoms with E-state index in [1.54, 1.807) is 0 Å². The van der Waals surface area contributed by atoms with Gasteiger partial charge in [0.1, 0.15) is 0 Å². The molecule has 0 aliphatic carbocycles. The van der Waals surface area contributed by atoms with Gasteiger partial charge in [-0.1, -0.05) is 6.42 Å². The van der Waals surface area contributed by atoms with Crippen molar-refractivity contribution in [1.82, 2.24) is 15.5 Å². The Labute approximate surface area is 152 Å². The van der Waals surface area contributed by atoms with Gasteiger partial charge in [-0.15, -0.1) is 0 Å². The predicted molar refractivity (Wildman–Crippen MR) is 101 cm³/mol. The van der Waals surface area contributed by atoms with E-state index >= 15 is 0 Å². The number of ether oxygens (including phenoxy) is 2. The van der Waals surface area contributed by atoms with Gasteiger partial charge in [-0.05, 0) is 52.0 Å². The molecule has 3 heterocycles. The van der Waals surface area contributed by atoms with Gasteiger partial charge in [0.05, 0.1) is 6.10 Å². The molecular weight excluding hydrogens is 316 g/mol. The van der Waals surface area contributed by atoms with Crippen molar-refractivity contribution < 1.29 is 9.47 Å². The maximum atomic E-state index is 5.92. The monoisotopic (exact) mass is 352 g/mol. The first kappa shape index (κ1) is 18.9. The molecular formula is C19H36N4O2. The van der Waals surface area contributed by atoms with E-state index in [4.69, 9.17) is 9.47 Å². The van der Waals surface area contributed by atoms with Gasteiger partial charge in [-0.2, -0.15) is 0 Å². The summed E-state index contributed by atoms with van der Waals surface area (Å²) in [4.78, 5) is 7.01. The Morgan fingerprint density at radius 2 is 1.88 bits per heavy atom. The molecule has 2 unspecified atom stereocenters. The molecule has 3 aliphatic rings. The Morgan fingerprint density at radius 3 is 2.56 bits per heavy atom. The lowest BCUT2D eigenvalue weighted by molar-refractivity contribution is -0.0320. The van der Waals surface area contributed by atoms with Gasteiger partial charge in [0.25, 0.3) is 0 Å². The van der Waals surface area contributed by atoms with Crippen molar-refractivity contribution in [1.29, 1.82) is 0 Å². The summed E-state index contributed by atoms with van der Waals surface area (Å²) < 4.78 is 11.3. The first-order chi connectivity index (χ1) is 12.3. The molecule has 0 spiro atoms. The number of piperidine rings is 2. The molecule has 2 N–H and O–H groups in total. The van der Waals surface area contributed by atoms with Crippen LogP contribution >= 0.6 is 0 Å². The second-order valence-electron chi connectivity index (χ2n) is 7.75. The van der Waals surface area contributed by atoms with Gasteiger partial charge in [-0.25, -0.2) is 0 Å². The van der Waals surface area contributed by atoms with Crippen LogP contribution in [0.25, 0.3) is 0 Å². The second kappa shape index (κ2) is 9.74. The average molecular weight is 353 g/mol. The van der Waals surface area contributed by atoms with Crippen LogP contribution in [0.1, 0.15) is 51.4 Å². The lowest BCUT2D eigenvalue weighted by Crippen LogP contribution is -2.56. The fourth-order valence-corrected chi connectivity index (χ4v) is 4.49. The maximum absolute atomic E-state index is 5.92. The molecule has 6 nitrogen and oxygen atoms in total. The molecule has 3 aliphatic heterocycles. The van der Waals surface area contributed by atoms with Crippen LogP contribution in [0.3, 0.4) is 0 Å². The molecule has 0 radical (unpaired) electrons. The highest BCUT2D eigenvalue weighted by Crippen LogP contribution is 2.32. The normalized spacial score (nSPS) is 31.8. The summed E-state index contributed by atoms with van der Waals surface area (Å²) in [5.41, 5.74) is 0. The lowest BCUT2D eigenvalue weighted by Gasteiger charge is -2.47. The van der Waals surface area contributed by atoms with Crippen molar-refractivity contribution >= 4 is 5.96 Å². The Balaban J connectivity index is 1.31. The molecule has 0 aromatic heterocycles. The quantitative estimate of drug-likeness (QED) is 0.433. The van der Waals surface area contributed by atoms with Crippen LogP contribution in [-0.4, -0.2) is 75.5 Å². The zero-order valence-corrected chi connectivity index (χ0v) is 16.0. The lowest BCUT2D eigenvalue weighted by atomic mass is 9.82. The van der Waals surface area contributed by atoms with E-state index in [2.05, 4.69) is 27.6 Å². The van der Waals surface area contributed by atoms with Crippen LogP contribution in [-0.2, 0) is 9.47 Å². The number of nitrogens with zero attached hydrogens (tertiary/aromatic N) is 2. The Bertz CT molecular complexity index is 412. The molecule has 3 saturated heterocycles. The number of fused-ring (bicyclic) bond motifs is 2. The Kier molecular flexibility index (Phi) is 7.37. The second-order valence-corrected chi connectivity index (χ2v) is 7.75. The van der Waals surface area contributed by atoms with Crippen LogP contribution in [0.2, 0.25) is 0 Å². The molecule has 25 heavy (non-hydrogen) atoms. The number of guanidine groups is 1. The third-order valence-corrected chi connectivity index (χ3v) is 6.04. The van der Waals surface area contributed by atoms with Crippen LogP contribution in [0.5, 0.6) is 0 Å². The smallest absolute Gasteiger partial charge is 0.191 e. The molecule has 3 rings (SSSR count). The Morgan fingerprint density at radius 1 is 1.16 bits per heavy atom. The molecule has 0 saturated carbocycles. The number of rotatable bonds is 6. The van der Waals surface area contributed by atoms with E-state index in [9.17, 15) is 0 Å². The van der Waals surface area contributed by atoms with Crippen LogP contribution in [0, 0.1) is 0 Å². The van der Waals surface area contributed by atoms with Gasteiger partial charge in [-0.3, -0.25) is 4.99 Å². The van der Waals surface area contributed by atoms with Gasteiger partial charge >= 0.3 is 0 Å². The number of aliphatic imine (C=N–C) groups is 1. The summed E-state index contributed by atoms with van der Waals surface area (Å²) in [7, 11) is 4.17. The van der Waals surface area contributed by atoms with Crippen molar-refractivity contribution in [3.63, 3.8) is 0 Å². The fraction of sp³-hybridized carbons (Fsp3) is 0.947. The van der Waals surface area contributed by atoms with Gasteiger partial charge in [0.2, 0.25) is 0 Å². The Hall–Kier alpha value is -0.850. The zero-order chi connectivity index (χ0) is 17.5. The summed E-state index contributed by atoms with van der Waals surface area (Å²) in [6.07, 6.45) is 10.0. The van der Waals surface area contributed by atoms with Gasteiger partial charge < -0.3 is 25.0 Å². The maximum Gasteiger partial charge on any atom is 0.191 e. The van der Waals surface area contributed by atoms with Crippen LogP contribution < -0.4 is 10.6 Å². The SMILES string of the molecule is CN=C(NCCCOC1CCOCC1)NC1CC2CCCC(C1)N2C. The molecule has 6 heteroatoms. The number of hydrogen-bond acceptors (Lipinski definition) is 4. The largest absolute Gasteiger partial charge is 0.381 e. The van der Waals surface area contributed by atoms with Gasteiger partial charge in [0, 0.05) is 51.5 Å². The summed E-state index contributed by atoms with van der Waals surface area (Å²) in [6, 6.07) is 2.04. The zero-order valence-electron chi connectivity index (χ0n) is 16.0. The van der Waals surface area contributed by atoms with E-state index in [1.165, 1.54) is 32.1 Å². The molecule has 0 aromatic carbocycles. The highest BCUT2D eigenvalue weighted by Gasteiger charge is 2.36. The van der Waals surface area contributed by atoms with Crippen molar-refractivity contribution in [2.75, 3.05) is 40.5 Å². The van der Waals surface area contributed by atoms with Crippen molar-refractivity contribution in [3.05, 3.63) is 0 Å². The first-order valence-electron chi connectivity index (χ1n) is 10.1. The van der Waals surface area contributed by atoms with Crippen LogP contribution in [0.4, 0.5) is 0 Å². The van der Waals surface area contributed by atoms with Crippen molar-refractivity contribution in [3.8, 4) is 0 Å². The predicted octanol–water partition coefficient (Wildman–Crippen LogP) is 1.75.